The second kappa shape index (κ2) is 9.85. The van der Waals surface area contributed by atoms with Crippen molar-refractivity contribution < 1.29 is 4.74 Å². The number of thiocarbonyl (C=S) groups is 1. The minimum absolute atomic E-state index is 0.302. The zero-order valence-corrected chi connectivity index (χ0v) is 11.3. The molecule has 0 amide bonds. The van der Waals surface area contributed by atoms with Crippen molar-refractivity contribution in [2.75, 3.05) is 13.2 Å². The molecular weight excluding hydrogens is 258 g/mol. The van der Waals surface area contributed by atoms with E-state index >= 15 is 0 Å². The van der Waals surface area contributed by atoms with E-state index in [4.69, 9.17) is 10.5 Å². The molecule has 2 rings (SSSR count). The van der Waals surface area contributed by atoms with Crippen molar-refractivity contribution in [3.63, 3.8) is 0 Å². The number of ether oxygens (including phenoxy) is 1. The Kier molecular flexibility index (Phi) is 7.73. The van der Waals surface area contributed by atoms with E-state index in [1.807, 2.05) is 48.5 Å². The topological polar surface area (TPSA) is 60.2 Å². The molecule has 0 saturated heterocycles. The molecule has 0 unspecified atom stereocenters. The summed E-state index contributed by atoms with van der Waals surface area (Å²) < 4.78 is 5.38. The van der Waals surface area contributed by atoms with E-state index in [1.54, 1.807) is 12.4 Å². The molecule has 3 N–H and O–H groups in total. The number of nitrogens with zero attached hydrogens (tertiary/aromatic N) is 1. The quantitative estimate of drug-likeness (QED) is 0.660. The predicted molar refractivity (Wildman–Crippen MR) is 81.0 cm³/mol. The summed E-state index contributed by atoms with van der Waals surface area (Å²) in [6, 6.07) is 15.3. The van der Waals surface area contributed by atoms with Crippen LogP contribution in [-0.2, 0) is 0 Å². The van der Waals surface area contributed by atoms with Crippen molar-refractivity contribution in [1.82, 2.24) is 10.3 Å². The third-order valence-corrected chi connectivity index (χ3v) is 2.12. The first kappa shape index (κ1) is 14.9. The van der Waals surface area contributed by atoms with Crippen molar-refractivity contribution in [2.45, 2.75) is 0 Å². The van der Waals surface area contributed by atoms with Gasteiger partial charge in [0, 0.05) is 12.4 Å². The molecule has 19 heavy (non-hydrogen) atoms. The Hall–Kier alpha value is -2.14. The molecule has 5 heteroatoms. The third-order valence-electron chi connectivity index (χ3n) is 1.98. The maximum atomic E-state index is 5.38. The lowest BCUT2D eigenvalue weighted by Crippen LogP contribution is -2.32. The number of aromatic nitrogens is 1. The van der Waals surface area contributed by atoms with E-state index in [0.29, 0.717) is 18.3 Å². The zero-order valence-electron chi connectivity index (χ0n) is 10.5. The Labute approximate surface area is 118 Å². The summed E-state index contributed by atoms with van der Waals surface area (Å²) in [7, 11) is 0. The second-order valence-corrected chi connectivity index (χ2v) is 3.92. The SMILES string of the molecule is NC(=S)NCCOc1ccccc1.c1ccncc1. The van der Waals surface area contributed by atoms with Gasteiger partial charge in [-0.2, -0.15) is 0 Å². The standard InChI is InChI=1S/C9H12N2OS.C5H5N/c10-9(13)11-6-7-12-8-4-2-1-3-5-8;1-2-4-6-5-3-1/h1-5H,6-7H2,(H3,10,11,13);1-5H. The van der Waals surface area contributed by atoms with Crippen LogP contribution >= 0.6 is 12.2 Å². The molecule has 0 radical (unpaired) electrons. The Morgan fingerprint density at radius 1 is 1.11 bits per heavy atom. The van der Waals surface area contributed by atoms with Gasteiger partial charge in [-0.05, 0) is 36.5 Å². The summed E-state index contributed by atoms with van der Waals surface area (Å²) in [5.41, 5.74) is 5.24. The summed E-state index contributed by atoms with van der Waals surface area (Å²) >= 11 is 4.64. The first-order valence-corrected chi connectivity index (χ1v) is 6.26. The predicted octanol–water partition coefficient (Wildman–Crippen LogP) is 1.98. The molecule has 0 aliphatic carbocycles. The van der Waals surface area contributed by atoms with E-state index in [9.17, 15) is 0 Å². The number of hydrogen-bond acceptors (Lipinski definition) is 3. The molecule has 100 valence electrons. The van der Waals surface area contributed by atoms with Crippen LogP contribution in [0.4, 0.5) is 0 Å². The molecule has 2 aromatic rings. The van der Waals surface area contributed by atoms with E-state index in [0.717, 1.165) is 5.75 Å². The van der Waals surface area contributed by atoms with Gasteiger partial charge >= 0.3 is 0 Å². The number of rotatable bonds is 4. The lowest BCUT2D eigenvalue weighted by atomic mass is 10.3. The van der Waals surface area contributed by atoms with Gasteiger partial charge in [0.1, 0.15) is 12.4 Å². The zero-order chi connectivity index (χ0) is 13.8. The van der Waals surface area contributed by atoms with Gasteiger partial charge in [-0.15, -0.1) is 0 Å². The molecular formula is C14H17N3OS. The average Bonchev–Trinajstić information content (AvgIpc) is 2.47. The Balaban J connectivity index is 0.000000250. The average molecular weight is 275 g/mol. The van der Waals surface area contributed by atoms with Crippen molar-refractivity contribution in [2.24, 2.45) is 5.73 Å². The smallest absolute Gasteiger partial charge is 0.163 e. The Morgan fingerprint density at radius 2 is 1.74 bits per heavy atom. The number of para-hydroxylation sites is 1. The van der Waals surface area contributed by atoms with E-state index in [1.165, 1.54) is 0 Å². The molecule has 0 aliphatic rings. The number of benzene rings is 1. The number of pyridine rings is 1. The van der Waals surface area contributed by atoms with Crippen LogP contribution in [0.5, 0.6) is 5.75 Å². The summed E-state index contributed by atoms with van der Waals surface area (Å²) in [6.07, 6.45) is 3.50. The van der Waals surface area contributed by atoms with Gasteiger partial charge in [-0.25, -0.2) is 0 Å². The normalized spacial score (nSPS) is 8.84. The van der Waals surface area contributed by atoms with Gasteiger partial charge in [0.15, 0.2) is 5.11 Å². The fourth-order valence-electron chi connectivity index (χ4n) is 1.17. The maximum absolute atomic E-state index is 5.38. The van der Waals surface area contributed by atoms with Crippen LogP contribution in [0.15, 0.2) is 60.9 Å². The van der Waals surface area contributed by atoms with Crippen molar-refractivity contribution in [1.29, 1.82) is 0 Å². The number of nitrogens with two attached hydrogens (primary N) is 1. The summed E-state index contributed by atoms with van der Waals surface area (Å²) in [4.78, 5) is 3.78. The summed E-state index contributed by atoms with van der Waals surface area (Å²) in [6.45, 7) is 1.19. The minimum Gasteiger partial charge on any atom is -0.492 e. The first-order chi connectivity index (χ1) is 9.29. The summed E-state index contributed by atoms with van der Waals surface area (Å²) in [5.74, 6) is 0.854. The van der Waals surface area contributed by atoms with Crippen LogP contribution < -0.4 is 15.8 Å². The van der Waals surface area contributed by atoms with Gasteiger partial charge in [0.25, 0.3) is 0 Å². The largest absolute Gasteiger partial charge is 0.492 e. The van der Waals surface area contributed by atoms with Crippen molar-refractivity contribution in [3.05, 3.63) is 60.9 Å². The van der Waals surface area contributed by atoms with E-state index in [-0.39, 0.29) is 0 Å². The van der Waals surface area contributed by atoms with Gasteiger partial charge < -0.3 is 15.8 Å². The van der Waals surface area contributed by atoms with Gasteiger partial charge in [0.2, 0.25) is 0 Å². The fourth-order valence-corrected chi connectivity index (χ4v) is 1.27. The first-order valence-electron chi connectivity index (χ1n) is 5.85. The van der Waals surface area contributed by atoms with E-state index in [2.05, 4.69) is 22.5 Å². The van der Waals surface area contributed by atoms with Crippen LogP contribution in [0.3, 0.4) is 0 Å². The number of nitrogens with one attached hydrogen (secondary N) is 1. The molecule has 0 bridgehead atoms. The summed E-state index contributed by atoms with van der Waals surface area (Å²) in [5, 5.41) is 3.10. The highest BCUT2D eigenvalue weighted by Gasteiger charge is 1.90. The second-order valence-electron chi connectivity index (χ2n) is 3.48. The van der Waals surface area contributed by atoms with Crippen LogP contribution in [0.25, 0.3) is 0 Å². The molecule has 0 saturated carbocycles. The molecule has 1 heterocycles. The molecule has 0 atom stereocenters. The highest BCUT2D eigenvalue weighted by molar-refractivity contribution is 7.80. The van der Waals surface area contributed by atoms with Gasteiger partial charge in [-0.3, -0.25) is 4.98 Å². The molecule has 0 spiro atoms. The molecule has 1 aromatic carbocycles. The molecule has 0 aliphatic heterocycles. The lowest BCUT2D eigenvalue weighted by Gasteiger charge is -2.06. The lowest BCUT2D eigenvalue weighted by molar-refractivity contribution is 0.322. The van der Waals surface area contributed by atoms with Gasteiger partial charge in [-0.1, -0.05) is 24.3 Å². The molecule has 1 aromatic heterocycles. The number of hydrogen-bond donors (Lipinski definition) is 2. The Bertz CT molecular complexity index is 424. The Morgan fingerprint density at radius 3 is 2.21 bits per heavy atom. The van der Waals surface area contributed by atoms with Crippen LogP contribution in [-0.4, -0.2) is 23.2 Å². The van der Waals surface area contributed by atoms with Crippen LogP contribution in [0, 0.1) is 0 Å². The van der Waals surface area contributed by atoms with Crippen molar-refractivity contribution >= 4 is 17.3 Å². The monoisotopic (exact) mass is 275 g/mol. The van der Waals surface area contributed by atoms with E-state index < -0.39 is 0 Å². The third kappa shape index (κ3) is 8.57. The molecule has 0 fully saturated rings. The molecule has 4 nitrogen and oxygen atoms in total. The minimum atomic E-state index is 0.302. The highest BCUT2D eigenvalue weighted by atomic mass is 32.1. The highest BCUT2D eigenvalue weighted by Crippen LogP contribution is 2.07. The van der Waals surface area contributed by atoms with Crippen LogP contribution in [0.1, 0.15) is 0 Å². The van der Waals surface area contributed by atoms with Crippen LogP contribution in [0.2, 0.25) is 0 Å². The van der Waals surface area contributed by atoms with Crippen molar-refractivity contribution in [3.8, 4) is 5.75 Å². The maximum Gasteiger partial charge on any atom is 0.163 e. The fraction of sp³-hybridized carbons (Fsp3) is 0.143. The van der Waals surface area contributed by atoms with Gasteiger partial charge in [0.05, 0.1) is 6.54 Å².